The van der Waals surface area contributed by atoms with Crippen molar-refractivity contribution < 1.29 is 9.53 Å². The van der Waals surface area contributed by atoms with E-state index in [-0.39, 0.29) is 11.6 Å². The summed E-state index contributed by atoms with van der Waals surface area (Å²) >= 11 is 0. The van der Waals surface area contributed by atoms with Gasteiger partial charge in [-0.25, -0.2) is 0 Å². The number of hydrogen-bond donors (Lipinski definition) is 2. The second-order valence-electron chi connectivity index (χ2n) is 5.60. The molecule has 0 aliphatic heterocycles. The third kappa shape index (κ3) is 4.41. The largest absolute Gasteiger partial charge is 0.492 e. The van der Waals surface area contributed by atoms with Gasteiger partial charge in [0.15, 0.2) is 0 Å². The van der Waals surface area contributed by atoms with Gasteiger partial charge < -0.3 is 15.4 Å². The molecule has 27 heavy (non-hydrogen) atoms. The van der Waals surface area contributed by atoms with Crippen LogP contribution >= 0.6 is 0 Å². The molecule has 0 aliphatic carbocycles. The zero-order valence-corrected chi connectivity index (χ0v) is 14.8. The van der Waals surface area contributed by atoms with Crippen molar-refractivity contribution >= 4 is 23.0 Å². The Balaban J connectivity index is 1.80. The number of amides is 1. The number of nitrogens with one attached hydrogen (secondary N) is 2. The molecule has 0 fully saturated rings. The number of carbonyl (C=O) groups excluding carboxylic acids is 1. The first-order valence-electron chi connectivity index (χ1n) is 8.46. The fourth-order valence-corrected chi connectivity index (χ4v) is 2.52. The number of pyridine rings is 1. The quantitative estimate of drug-likeness (QED) is 0.684. The van der Waals surface area contributed by atoms with E-state index in [0.717, 1.165) is 11.4 Å². The smallest absolute Gasteiger partial charge is 0.274 e. The van der Waals surface area contributed by atoms with Crippen molar-refractivity contribution in [2.75, 3.05) is 17.2 Å². The Kier molecular flexibility index (Phi) is 5.65. The topological polar surface area (TPSA) is 87.0 Å². The summed E-state index contributed by atoms with van der Waals surface area (Å²) in [6, 6.07) is 19.9. The van der Waals surface area contributed by atoms with E-state index in [1.807, 2.05) is 31.2 Å². The van der Waals surface area contributed by atoms with Gasteiger partial charge in [0.05, 0.1) is 23.5 Å². The van der Waals surface area contributed by atoms with E-state index in [0.29, 0.717) is 23.5 Å². The highest BCUT2D eigenvalue weighted by Gasteiger charge is 2.11. The van der Waals surface area contributed by atoms with Crippen LogP contribution in [0.15, 0.2) is 66.9 Å². The molecule has 6 nitrogen and oxygen atoms in total. The number of benzene rings is 2. The molecule has 1 amide bonds. The third-order valence-electron chi connectivity index (χ3n) is 3.75. The van der Waals surface area contributed by atoms with Gasteiger partial charge >= 0.3 is 0 Å². The summed E-state index contributed by atoms with van der Waals surface area (Å²) in [7, 11) is 0. The second-order valence-corrected chi connectivity index (χ2v) is 5.60. The van der Waals surface area contributed by atoms with E-state index in [9.17, 15) is 4.79 Å². The fraction of sp³-hybridized carbons (Fsp3) is 0.0952. The van der Waals surface area contributed by atoms with Gasteiger partial charge in [-0.05, 0) is 43.3 Å². The van der Waals surface area contributed by atoms with E-state index in [4.69, 9.17) is 10.00 Å². The van der Waals surface area contributed by atoms with Crippen LogP contribution in [0.3, 0.4) is 0 Å². The van der Waals surface area contributed by atoms with Crippen LogP contribution in [0.1, 0.15) is 23.0 Å². The number of para-hydroxylation sites is 3. The first-order valence-corrected chi connectivity index (χ1v) is 8.46. The van der Waals surface area contributed by atoms with Crippen LogP contribution in [0.2, 0.25) is 0 Å². The van der Waals surface area contributed by atoms with Gasteiger partial charge in [0.25, 0.3) is 5.91 Å². The van der Waals surface area contributed by atoms with E-state index in [1.165, 1.54) is 0 Å². The number of rotatable bonds is 6. The van der Waals surface area contributed by atoms with Gasteiger partial charge in [-0.3, -0.25) is 9.78 Å². The van der Waals surface area contributed by atoms with Crippen LogP contribution < -0.4 is 15.4 Å². The minimum Gasteiger partial charge on any atom is -0.492 e. The number of ether oxygens (including phenoxy) is 1. The van der Waals surface area contributed by atoms with Gasteiger partial charge in [-0.2, -0.15) is 5.26 Å². The molecule has 0 atom stereocenters. The molecule has 3 rings (SSSR count). The highest BCUT2D eigenvalue weighted by Crippen LogP contribution is 2.27. The van der Waals surface area contributed by atoms with Gasteiger partial charge in [-0.15, -0.1) is 0 Å². The van der Waals surface area contributed by atoms with Crippen molar-refractivity contribution in [1.29, 1.82) is 5.26 Å². The van der Waals surface area contributed by atoms with Crippen LogP contribution in [-0.4, -0.2) is 17.5 Å². The van der Waals surface area contributed by atoms with Gasteiger partial charge in [0, 0.05) is 11.9 Å². The molecule has 0 bridgehead atoms. The standard InChI is InChI=1S/C21H18N4O2/c1-2-27-20-10-6-5-9-18(20)24-16-11-12-23-19(13-16)21(26)25-17-8-4-3-7-15(17)14-22/h3-13H,2H2,1H3,(H,23,24)(H,25,26). The Hall–Kier alpha value is -3.85. The minimum absolute atomic E-state index is 0.238. The van der Waals surface area contributed by atoms with Gasteiger partial charge in [0.2, 0.25) is 0 Å². The summed E-state index contributed by atoms with van der Waals surface area (Å²) in [5.74, 6) is 0.338. The number of nitriles is 1. The predicted octanol–water partition coefficient (Wildman–Crippen LogP) is 4.35. The van der Waals surface area contributed by atoms with Crippen molar-refractivity contribution in [3.05, 3.63) is 78.1 Å². The molecule has 3 aromatic rings. The van der Waals surface area contributed by atoms with Crippen LogP contribution in [0.4, 0.5) is 17.1 Å². The monoisotopic (exact) mass is 358 g/mol. The second kappa shape index (κ2) is 8.50. The first kappa shape index (κ1) is 18.0. The molecule has 0 aliphatic rings. The molecule has 0 radical (unpaired) electrons. The molecule has 6 heteroatoms. The van der Waals surface area contributed by atoms with Crippen molar-refractivity contribution in [2.45, 2.75) is 6.92 Å². The summed E-state index contributed by atoms with van der Waals surface area (Å²) in [6.07, 6.45) is 1.55. The summed E-state index contributed by atoms with van der Waals surface area (Å²) in [5.41, 5.74) is 2.59. The maximum Gasteiger partial charge on any atom is 0.274 e. The molecule has 2 aromatic carbocycles. The molecule has 2 N–H and O–H groups in total. The molecular formula is C21H18N4O2. The SMILES string of the molecule is CCOc1ccccc1Nc1ccnc(C(=O)Nc2ccccc2C#N)c1. The Morgan fingerprint density at radius 1 is 1.11 bits per heavy atom. The summed E-state index contributed by atoms with van der Waals surface area (Å²) in [5, 5.41) is 15.1. The molecule has 0 spiro atoms. The van der Waals surface area contributed by atoms with Crippen molar-refractivity contribution in [2.24, 2.45) is 0 Å². The number of hydrogen-bond acceptors (Lipinski definition) is 5. The van der Waals surface area contributed by atoms with Crippen molar-refractivity contribution in [1.82, 2.24) is 4.98 Å². The maximum atomic E-state index is 12.5. The lowest BCUT2D eigenvalue weighted by Gasteiger charge is -2.13. The zero-order valence-electron chi connectivity index (χ0n) is 14.8. The highest BCUT2D eigenvalue weighted by molar-refractivity contribution is 6.04. The molecule has 134 valence electrons. The minimum atomic E-state index is -0.389. The fourth-order valence-electron chi connectivity index (χ4n) is 2.52. The first-order chi connectivity index (χ1) is 13.2. The lowest BCUT2D eigenvalue weighted by Crippen LogP contribution is -2.14. The van der Waals surface area contributed by atoms with Crippen LogP contribution in [0.5, 0.6) is 5.75 Å². The number of anilines is 3. The normalized spacial score (nSPS) is 9.93. The maximum absolute atomic E-state index is 12.5. The van der Waals surface area contributed by atoms with E-state index >= 15 is 0 Å². The van der Waals surface area contributed by atoms with E-state index < -0.39 is 0 Å². The van der Waals surface area contributed by atoms with Crippen LogP contribution in [0.25, 0.3) is 0 Å². The van der Waals surface area contributed by atoms with Gasteiger partial charge in [0.1, 0.15) is 17.5 Å². The average molecular weight is 358 g/mol. The number of aromatic nitrogens is 1. The van der Waals surface area contributed by atoms with Crippen LogP contribution in [-0.2, 0) is 0 Å². The average Bonchev–Trinajstić information content (AvgIpc) is 2.70. The Labute approximate surface area is 157 Å². The van der Waals surface area contributed by atoms with E-state index in [2.05, 4.69) is 21.7 Å². The zero-order chi connectivity index (χ0) is 19.1. The number of carbonyl (C=O) groups is 1. The van der Waals surface area contributed by atoms with Crippen molar-refractivity contribution in [3.8, 4) is 11.8 Å². The van der Waals surface area contributed by atoms with Crippen molar-refractivity contribution in [3.63, 3.8) is 0 Å². The summed E-state index contributed by atoms with van der Waals surface area (Å²) < 4.78 is 5.60. The summed E-state index contributed by atoms with van der Waals surface area (Å²) in [4.78, 5) is 16.6. The molecule has 1 heterocycles. The number of nitrogens with zero attached hydrogens (tertiary/aromatic N) is 2. The molecule has 0 saturated heterocycles. The lowest BCUT2D eigenvalue weighted by atomic mass is 10.2. The van der Waals surface area contributed by atoms with Crippen LogP contribution in [0, 0.1) is 11.3 Å². The lowest BCUT2D eigenvalue weighted by molar-refractivity contribution is 0.102. The van der Waals surface area contributed by atoms with Gasteiger partial charge in [-0.1, -0.05) is 24.3 Å². The predicted molar refractivity (Wildman–Crippen MR) is 104 cm³/mol. The summed E-state index contributed by atoms with van der Waals surface area (Å²) in [6.45, 7) is 2.48. The Bertz CT molecular complexity index is 995. The highest BCUT2D eigenvalue weighted by atomic mass is 16.5. The molecular weight excluding hydrogens is 340 g/mol. The Morgan fingerprint density at radius 2 is 1.85 bits per heavy atom. The third-order valence-corrected chi connectivity index (χ3v) is 3.75. The van der Waals surface area contributed by atoms with E-state index in [1.54, 1.807) is 42.6 Å². The molecule has 0 saturated carbocycles. The molecule has 0 unspecified atom stereocenters. The molecule has 1 aromatic heterocycles. The Morgan fingerprint density at radius 3 is 2.63 bits per heavy atom.